The van der Waals surface area contributed by atoms with Gasteiger partial charge in [-0.25, -0.2) is 0 Å². The average Bonchev–Trinajstić information content (AvgIpc) is 3.49. The first-order valence-corrected chi connectivity index (χ1v) is 17.1. The molecule has 4 rings (SSSR count). The molecular weight excluding hydrogens is 592 g/mol. The van der Waals surface area contributed by atoms with Crippen LogP contribution in [0.5, 0.6) is 11.5 Å². The van der Waals surface area contributed by atoms with Crippen LogP contribution in [0.3, 0.4) is 0 Å². The monoisotopic (exact) mass is 644 g/mol. The summed E-state index contributed by atoms with van der Waals surface area (Å²) in [6, 6.07) is 25.6. The Labute approximate surface area is 280 Å². The van der Waals surface area contributed by atoms with Gasteiger partial charge in [0, 0.05) is 25.8 Å². The third kappa shape index (κ3) is 9.89. The Morgan fingerprint density at radius 3 is 1.79 bits per heavy atom. The molecule has 47 heavy (non-hydrogen) atoms. The van der Waals surface area contributed by atoms with E-state index in [1.165, 1.54) is 0 Å². The molecule has 0 bridgehead atoms. The highest BCUT2D eigenvalue weighted by atomic mass is 16.5. The molecular formula is C39H52N2O6. The number of ether oxygens (including phenoxy) is 3. The van der Waals surface area contributed by atoms with Gasteiger partial charge in [-0.05, 0) is 79.6 Å². The van der Waals surface area contributed by atoms with Gasteiger partial charge in [0.1, 0.15) is 22.9 Å². The largest absolute Gasteiger partial charge is 0.497 e. The molecule has 1 aliphatic rings. The quantitative estimate of drug-likeness (QED) is 0.108. The van der Waals surface area contributed by atoms with Crippen molar-refractivity contribution in [1.29, 1.82) is 0 Å². The Kier molecular flexibility index (Phi) is 14.3. The maximum atomic E-state index is 13.5. The second-order valence-corrected chi connectivity index (χ2v) is 12.5. The molecule has 1 heterocycles. The zero-order chi connectivity index (χ0) is 33.5. The molecule has 0 radical (unpaired) electrons. The number of carbonyl (C=O) groups excluding carboxylic acids is 2. The summed E-state index contributed by atoms with van der Waals surface area (Å²) in [4.78, 5) is 27.4. The summed E-state index contributed by atoms with van der Waals surface area (Å²) in [5, 5.41) is 10.7. The van der Waals surface area contributed by atoms with Crippen molar-refractivity contribution >= 4 is 11.7 Å². The van der Waals surface area contributed by atoms with E-state index in [1.807, 2.05) is 66.7 Å². The van der Waals surface area contributed by atoms with Crippen molar-refractivity contribution in [3.63, 3.8) is 0 Å². The number of Topliss-reactive ketones (excluding diaryl/α,β-unsaturated/α-hetero) is 1. The van der Waals surface area contributed by atoms with Gasteiger partial charge in [0.15, 0.2) is 0 Å². The van der Waals surface area contributed by atoms with E-state index in [0.29, 0.717) is 44.6 Å². The lowest BCUT2D eigenvalue weighted by Gasteiger charge is -2.38. The lowest BCUT2D eigenvalue weighted by Crippen LogP contribution is -2.42. The Hall–Kier alpha value is -3.72. The van der Waals surface area contributed by atoms with Crippen LogP contribution in [-0.2, 0) is 19.9 Å². The first-order valence-electron chi connectivity index (χ1n) is 17.1. The van der Waals surface area contributed by atoms with Gasteiger partial charge in [0.2, 0.25) is 5.91 Å². The van der Waals surface area contributed by atoms with Gasteiger partial charge in [-0.2, -0.15) is 0 Å². The van der Waals surface area contributed by atoms with Crippen LogP contribution >= 0.6 is 0 Å². The molecule has 2 atom stereocenters. The lowest BCUT2D eigenvalue weighted by atomic mass is 9.80. The smallest absolute Gasteiger partial charge is 0.222 e. The molecule has 1 saturated heterocycles. The normalized spacial score (nSPS) is 16.3. The van der Waals surface area contributed by atoms with E-state index in [9.17, 15) is 14.7 Å². The van der Waals surface area contributed by atoms with Gasteiger partial charge in [-0.3, -0.25) is 9.59 Å². The summed E-state index contributed by atoms with van der Waals surface area (Å²) in [5.41, 5.74) is 7.31. The minimum absolute atomic E-state index is 0.0327. The molecule has 3 aromatic carbocycles. The molecule has 1 aliphatic heterocycles. The number of aliphatic hydroxyl groups is 1. The van der Waals surface area contributed by atoms with Crippen LogP contribution in [0, 0.1) is 0 Å². The number of hydrogen-bond donors (Lipinski definition) is 2. The predicted octanol–water partition coefficient (Wildman–Crippen LogP) is 6.40. The molecule has 1 amide bonds. The van der Waals surface area contributed by atoms with Gasteiger partial charge >= 0.3 is 0 Å². The van der Waals surface area contributed by atoms with Gasteiger partial charge in [0.25, 0.3) is 0 Å². The fraction of sp³-hybridized carbons (Fsp3) is 0.487. The molecule has 0 spiro atoms. The van der Waals surface area contributed by atoms with Crippen LogP contribution in [0.25, 0.3) is 0 Å². The molecule has 3 aromatic rings. The number of β-amino-alcohol motifs (C(OH)–C–C–N with tert-alkyl or cyclic N) is 1. The zero-order valence-electron chi connectivity index (χ0n) is 28.1. The highest BCUT2D eigenvalue weighted by molar-refractivity contribution is 5.78. The van der Waals surface area contributed by atoms with Crippen LogP contribution in [0.4, 0.5) is 0 Å². The van der Waals surface area contributed by atoms with E-state index in [2.05, 4.69) is 12.1 Å². The van der Waals surface area contributed by atoms with Crippen LogP contribution < -0.4 is 15.2 Å². The van der Waals surface area contributed by atoms with E-state index in [1.54, 1.807) is 19.1 Å². The number of methoxy groups -OCH3 is 2. The summed E-state index contributed by atoms with van der Waals surface area (Å²) < 4.78 is 18.0. The van der Waals surface area contributed by atoms with Gasteiger partial charge < -0.3 is 30.0 Å². The van der Waals surface area contributed by atoms with Crippen molar-refractivity contribution in [2.24, 2.45) is 5.73 Å². The predicted molar refractivity (Wildman–Crippen MR) is 185 cm³/mol. The maximum Gasteiger partial charge on any atom is 0.222 e. The average molecular weight is 645 g/mol. The molecule has 0 aliphatic carbocycles. The number of benzene rings is 3. The van der Waals surface area contributed by atoms with Gasteiger partial charge in [0.05, 0.1) is 33.0 Å². The van der Waals surface area contributed by atoms with Crippen molar-refractivity contribution in [2.75, 3.05) is 33.9 Å². The van der Waals surface area contributed by atoms with Crippen molar-refractivity contribution < 1.29 is 28.9 Å². The molecule has 0 aromatic heterocycles. The zero-order valence-corrected chi connectivity index (χ0v) is 28.1. The van der Waals surface area contributed by atoms with Crippen molar-refractivity contribution in [1.82, 2.24) is 4.90 Å². The fourth-order valence-electron chi connectivity index (χ4n) is 6.51. The number of hydrogen-bond acceptors (Lipinski definition) is 7. The van der Waals surface area contributed by atoms with Crippen molar-refractivity contribution in [2.45, 2.75) is 88.4 Å². The van der Waals surface area contributed by atoms with Crippen molar-refractivity contribution in [3.8, 4) is 11.5 Å². The molecule has 8 nitrogen and oxygen atoms in total. The lowest BCUT2D eigenvalue weighted by molar-refractivity contribution is -0.134. The van der Waals surface area contributed by atoms with E-state index >= 15 is 0 Å². The highest BCUT2D eigenvalue weighted by Gasteiger charge is 2.41. The van der Waals surface area contributed by atoms with Crippen molar-refractivity contribution in [3.05, 3.63) is 95.6 Å². The van der Waals surface area contributed by atoms with E-state index in [0.717, 1.165) is 73.1 Å². The molecule has 8 heteroatoms. The summed E-state index contributed by atoms with van der Waals surface area (Å²) in [7, 11) is 3.29. The van der Waals surface area contributed by atoms with Crippen LogP contribution in [0.1, 0.15) is 87.3 Å². The van der Waals surface area contributed by atoms with Crippen LogP contribution in [0.2, 0.25) is 0 Å². The van der Waals surface area contributed by atoms with E-state index < -0.39 is 11.7 Å². The number of rotatable bonds is 20. The van der Waals surface area contributed by atoms with Gasteiger partial charge in [-0.1, -0.05) is 73.9 Å². The van der Waals surface area contributed by atoms with E-state index in [4.69, 9.17) is 19.9 Å². The number of carbonyl (C=O) groups is 2. The Balaban J connectivity index is 1.45. The fourth-order valence-corrected chi connectivity index (χ4v) is 6.51. The molecule has 0 unspecified atom stereocenters. The Morgan fingerprint density at radius 1 is 0.745 bits per heavy atom. The minimum atomic E-state index is -0.996. The van der Waals surface area contributed by atoms with E-state index in [-0.39, 0.29) is 18.6 Å². The summed E-state index contributed by atoms with van der Waals surface area (Å²) in [5.74, 6) is 1.84. The minimum Gasteiger partial charge on any atom is -0.497 e. The second kappa shape index (κ2) is 18.6. The standard InChI is InChI=1S/C39H52N2O6/c1-45-36-22-18-31(19-23-36)39(30-13-7-5-8-14-30,32-20-24-37(46-2)25-21-32)47-29-33-27-35(43)28-41(33)38(44)17-11-4-3-9-15-34(42)16-10-6-12-26-40/h5,7-8,13-14,18-25,33,35,43H,3-4,6,9-12,15-17,26-29,40H2,1-2H3/t33-,35+/m0/s1. The number of ketones is 1. The molecule has 254 valence electrons. The number of likely N-dealkylation sites (tertiary alicyclic amines) is 1. The Morgan fingerprint density at radius 2 is 1.26 bits per heavy atom. The Bertz CT molecular complexity index is 1310. The first-order chi connectivity index (χ1) is 22.9. The number of unbranched alkanes of at least 4 members (excludes halogenated alkanes) is 5. The maximum absolute atomic E-state index is 13.5. The number of nitrogens with zero attached hydrogens (tertiary/aromatic N) is 1. The SMILES string of the molecule is COc1ccc(C(OC[C@@H]2C[C@@H](O)CN2C(=O)CCCCCCC(=O)CCCCCN)(c2ccccc2)c2ccc(OC)cc2)cc1. The molecule has 0 saturated carbocycles. The number of amides is 1. The molecule has 1 fully saturated rings. The number of nitrogens with two attached hydrogens (primary N) is 1. The third-order valence-electron chi connectivity index (χ3n) is 9.13. The topological polar surface area (TPSA) is 111 Å². The highest BCUT2D eigenvalue weighted by Crippen LogP contribution is 2.42. The van der Waals surface area contributed by atoms with Crippen LogP contribution in [0.15, 0.2) is 78.9 Å². The second-order valence-electron chi connectivity index (χ2n) is 12.5. The summed E-state index contributed by atoms with van der Waals surface area (Å²) >= 11 is 0. The summed E-state index contributed by atoms with van der Waals surface area (Å²) in [6.45, 7) is 1.22. The number of aliphatic hydroxyl groups excluding tert-OH is 1. The first kappa shape index (κ1) is 36.1. The molecule has 3 N–H and O–H groups in total. The third-order valence-corrected chi connectivity index (χ3v) is 9.13. The van der Waals surface area contributed by atoms with Gasteiger partial charge in [-0.15, -0.1) is 0 Å². The van der Waals surface area contributed by atoms with Crippen LogP contribution in [-0.4, -0.2) is 67.8 Å². The summed E-state index contributed by atoms with van der Waals surface area (Å²) in [6.07, 6.45) is 7.88.